The van der Waals surface area contributed by atoms with Crippen LogP contribution < -0.4 is 4.74 Å². The van der Waals surface area contributed by atoms with Crippen LogP contribution in [-0.4, -0.2) is 11.5 Å². The van der Waals surface area contributed by atoms with Gasteiger partial charge in [-0.2, -0.15) is 0 Å². The molecule has 1 N–H and O–H groups in total. The monoisotopic (exact) mass is 248 g/mol. The van der Waals surface area contributed by atoms with E-state index in [4.69, 9.17) is 0 Å². The minimum absolute atomic E-state index is 0.289. The second-order valence-corrected chi connectivity index (χ2v) is 4.89. The van der Waals surface area contributed by atoms with Crippen molar-refractivity contribution in [3.8, 4) is 5.75 Å². The van der Waals surface area contributed by atoms with Crippen molar-refractivity contribution in [3.05, 3.63) is 29.8 Å². The number of aliphatic hydroxyl groups is 1. The Kier molecular flexibility index (Phi) is 3.71. The first-order valence-electron chi connectivity index (χ1n) is 5.13. The van der Waals surface area contributed by atoms with Crippen molar-refractivity contribution in [2.24, 2.45) is 5.41 Å². The Morgan fingerprint density at radius 1 is 1.06 bits per heavy atom. The van der Waals surface area contributed by atoms with E-state index in [1.54, 1.807) is 0 Å². The average molecular weight is 248 g/mol. The van der Waals surface area contributed by atoms with Crippen LogP contribution in [0.5, 0.6) is 5.75 Å². The molecule has 1 atom stereocenters. The molecule has 1 unspecified atom stereocenters. The predicted molar refractivity (Wildman–Crippen MR) is 57.5 cm³/mol. The van der Waals surface area contributed by atoms with E-state index >= 15 is 0 Å². The van der Waals surface area contributed by atoms with Crippen molar-refractivity contribution in [1.29, 1.82) is 0 Å². The Hall–Kier alpha value is -1.23. The number of hydrogen-bond acceptors (Lipinski definition) is 2. The van der Waals surface area contributed by atoms with Crippen LogP contribution in [0.25, 0.3) is 0 Å². The minimum Gasteiger partial charge on any atom is -0.406 e. The number of hydrogen-bond donors (Lipinski definition) is 1. The van der Waals surface area contributed by atoms with Gasteiger partial charge >= 0.3 is 6.36 Å². The van der Waals surface area contributed by atoms with E-state index < -0.39 is 12.5 Å². The van der Waals surface area contributed by atoms with Gasteiger partial charge in [0, 0.05) is 0 Å². The molecule has 0 aliphatic heterocycles. The molecule has 0 spiro atoms. The van der Waals surface area contributed by atoms with Gasteiger partial charge in [-0.05, 0) is 23.1 Å². The molecule has 0 aromatic heterocycles. The molecule has 0 radical (unpaired) electrons. The summed E-state index contributed by atoms with van der Waals surface area (Å²) in [5.41, 5.74) is 0.193. The smallest absolute Gasteiger partial charge is 0.406 e. The van der Waals surface area contributed by atoms with Crippen LogP contribution in [-0.2, 0) is 0 Å². The summed E-state index contributed by atoms with van der Waals surface area (Å²) in [7, 11) is 0. The van der Waals surface area contributed by atoms with Crippen molar-refractivity contribution in [2.45, 2.75) is 33.2 Å². The van der Waals surface area contributed by atoms with Gasteiger partial charge < -0.3 is 9.84 Å². The molecular weight excluding hydrogens is 233 g/mol. The maximum atomic E-state index is 11.9. The van der Waals surface area contributed by atoms with Gasteiger partial charge in [0.1, 0.15) is 5.75 Å². The van der Waals surface area contributed by atoms with E-state index in [0.29, 0.717) is 5.56 Å². The number of benzene rings is 1. The lowest BCUT2D eigenvalue weighted by molar-refractivity contribution is -0.274. The van der Waals surface area contributed by atoms with Gasteiger partial charge in [-0.3, -0.25) is 0 Å². The number of aliphatic hydroxyl groups excluding tert-OH is 1. The summed E-state index contributed by atoms with van der Waals surface area (Å²) < 4.78 is 39.5. The molecule has 96 valence electrons. The average Bonchev–Trinajstić information content (AvgIpc) is 2.14. The SMILES string of the molecule is CC(C)(C)C(O)c1ccc(OC(F)(F)F)cc1. The van der Waals surface area contributed by atoms with E-state index in [0.717, 1.165) is 0 Å². The number of alkyl halides is 3. The Balaban J connectivity index is 2.82. The maximum absolute atomic E-state index is 11.9. The zero-order chi connectivity index (χ0) is 13.3. The summed E-state index contributed by atoms with van der Waals surface area (Å²) in [4.78, 5) is 0. The summed E-state index contributed by atoms with van der Waals surface area (Å²) in [5, 5.41) is 9.92. The molecule has 0 saturated heterocycles. The Bertz CT molecular complexity index is 363. The highest BCUT2D eigenvalue weighted by Crippen LogP contribution is 2.33. The van der Waals surface area contributed by atoms with Crippen molar-refractivity contribution < 1.29 is 23.0 Å². The molecule has 0 aliphatic carbocycles. The molecule has 0 bridgehead atoms. The third-order valence-corrected chi connectivity index (χ3v) is 2.25. The zero-order valence-electron chi connectivity index (χ0n) is 9.88. The molecule has 0 saturated carbocycles. The summed E-state index contributed by atoms with van der Waals surface area (Å²) >= 11 is 0. The molecular formula is C12H15F3O2. The molecule has 0 heterocycles. The first-order chi connectivity index (χ1) is 7.59. The van der Waals surface area contributed by atoms with Crippen LogP contribution in [0.1, 0.15) is 32.4 Å². The molecule has 0 amide bonds. The largest absolute Gasteiger partial charge is 0.573 e. The molecule has 0 fully saturated rings. The highest BCUT2D eigenvalue weighted by atomic mass is 19.4. The van der Waals surface area contributed by atoms with Crippen molar-refractivity contribution in [3.63, 3.8) is 0 Å². The van der Waals surface area contributed by atoms with Crippen LogP contribution in [0.2, 0.25) is 0 Å². The highest BCUT2D eigenvalue weighted by molar-refractivity contribution is 5.29. The van der Waals surface area contributed by atoms with Crippen molar-refractivity contribution in [1.82, 2.24) is 0 Å². The topological polar surface area (TPSA) is 29.5 Å². The Labute approximate surface area is 98.0 Å². The lowest BCUT2D eigenvalue weighted by atomic mass is 9.85. The van der Waals surface area contributed by atoms with Gasteiger partial charge in [0.15, 0.2) is 0 Å². The quantitative estimate of drug-likeness (QED) is 0.865. The standard InChI is InChI=1S/C12H15F3O2/c1-11(2,3)10(16)8-4-6-9(7-5-8)17-12(13,14)15/h4-7,10,16H,1-3H3. The van der Waals surface area contributed by atoms with Crippen LogP contribution in [0, 0.1) is 5.41 Å². The Morgan fingerprint density at radius 2 is 1.53 bits per heavy atom. The lowest BCUT2D eigenvalue weighted by Crippen LogP contribution is -2.18. The van der Waals surface area contributed by atoms with E-state index in [1.807, 2.05) is 20.8 Å². The van der Waals surface area contributed by atoms with E-state index in [-0.39, 0.29) is 11.2 Å². The van der Waals surface area contributed by atoms with Crippen molar-refractivity contribution in [2.75, 3.05) is 0 Å². The minimum atomic E-state index is -4.69. The number of ether oxygens (including phenoxy) is 1. The van der Waals surface area contributed by atoms with Crippen LogP contribution in [0.15, 0.2) is 24.3 Å². The van der Waals surface area contributed by atoms with Crippen LogP contribution >= 0.6 is 0 Å². The van der Waals surface area contributed by atoms with Gasteiger partial charge in [0.2, 0.25) is 0 Å². The fourth-order valence-corrected chi connectivity index (χ4v) is 1.35. The second kappa shape index (κ2) is 4.56. The molecule has 0 aliphatic rings. The molecule has 17 heavy (non-hydrogen) atoms. The maximum Gasteiger partial charge on any atom is 0.573 e. The molecule has 5 heteroatoms. The van der Waals surface area contributed by atoms with Crippen LogP contribution in [0.3, 0.4) is 0 Å². The van der Waals surface area contributed by atoms with Crippen LogP contribution in [0.4, 0.5) is 13.2 Å². The predicted octanol–water partition coefficient (Wildman–Crippen LogP) is 3.66. The molecule has 1 aromatic carbocycles. The fraction of sp³-hybridized carbons (Fsp3) is 0.500. The fourth-order valence-electron chi connectivity index (χ4n) is 1.35. The van der Waals surface area contributed by atoms with E-state index in [2.05, 4.69) is 4.74 Å². The summed E-state index contributed by atoms with van der Waals surface area (Å²) in [5.74, 6) is -0.289. The van der Waals surface area contributed by atoms with E-state index in [1.165, 1.54) is 24.3 Å². The molecule has 1 aromatic rings. The zero-order valence-corrected chi connectivity index (χ0v) is 9.88. The first-order valence-corrected chi connectivity index (χ1v) is 5.13. The molecule has 1 rings (SSSR count). The normalized spacial score (nSPS) is 14.5. The highest BCUT2D eigenvalue weighted by Gasteiger charge is 2.31. The number of halogens is 3. The summed E-state index contributed by atoms with van der Waals surface area (Å²) in [6.07, 6.45) is -5.42. The van der Waals surface area contributed by atoms with Gasteiger partial charge in [-0.1, -0.05) is 32.9 Å². The van der Waals surface area contributed by atoms with Crippen molar-refractivity contribution >= 4 is 0 Å². The first kappa shape index (κ1) is 13.8. The van der Waals surface area contributed by atoms with Gasteiger partial charge in [0.05, 0.1) is 6.10 Å². The molecule has 2 nitrogen and oxygen atoms in total. The number of rotatable bonds is 2. The lowest BCUT2D eigenvalue weighted by Gasteiger charge is -2.26. The van der Waals surface area contributed by atoms with E-state index in [9.17, 15) is 18.3 Å². The van der Waals surface area contributed by atoms with Gasteiger partial charge in [-0.25, -0.2) is 0 Å². The second-order valence-electron chi connectivity index (χ2n) is 4.89. The summed E-state index contributed by atoms with van der Waals surface area (Å²) in [6, 6.07) is 5.24. The van der Waals surface area contributed by atoms with Gasteiger partial charge in [-0.15, -0.1) is 13.2 Å². The van der Waals surface area contributed by atoms with Gasteiger partial charge in [0.25, 0.3) is 0 Å². The third kappa shape index (κ3) is 4.26. The summed E-state index contributed by atoms with van der Waals surface area (Å²) in [6.45, 7) is 5.54. The Morgan fingerprint density at radius 3 is 1.88 bits per heavy atom. The third-order valence-electron chi connectivity index (χ3n) is 2.25.